The molecule has 0 aromatic heterocycles. The van der Waals surface area contributed by atoms with E-state index in [0.29, 0.717) is 0 Å². The maximum Gasteiger partial charge on any atom is 0.344 e. The normalized spacial score (nSPS) is 9.62. The summed E-state index contributed by atoms with van der Waals surface area (Å²) in [6.45, 7) is 0. The summed E-state index contributed by atoms with van der Waals surface area (Å²) in [4.78, 5) is 31.8. The molecule has 1 rings (SSSR count). The Labute approximate surface area is 94.9 Å². The average molecular weight is 244 g/mol. The van der Waals surface area contributed by atoms with Crippen molar-refractivity contribution < 1.29 is 19.2 Å². The number of halogens is 1. The van der Waals surface area contributed by atoms with Gasteiger partial charge >= 0.3 is 5.97 Å². The van der Waals surface area contributed by atoms with Gasteiger partial charge in [-0.25, -0.2) is 4.79 Å². The van der Waals surface area contributed by atoms with Gasteiger partial charge in [0.25, 0.3) is 5.69 Å². The van der Waals surface area contributed by atoms with E-state index in [-0.39, 0.29) is 22.4 Å². The molecular weight excluding hydrogens is 238 g/mol. The van der Waals surface area contributed by atoms with Crippen molar-refractivity contribution in [2.24, 2.45) is 0 Å². The molecule has 6 nitrogen and oxygen atoms in total. The molecule has 0 fully saturated rings. The highest BCUT2D eigenvalue weighted by Gasteiger charge is 2.26. The molecule has 0 heterocycles. The quantitative estimate of drug-likeness (QED) is 0.350. The van der Waals surface area contributed by atoms with Crippen molar-refractivity contribution in [3.63, 3.8) is 0 Å². The molecule has 0 aliphatic rings. The molecule has 0 amide bonds. The molecule has 0 unspecified atom stereocenters. The minimum atomic E-state index is -0.919. The van der Waals surface area contributed by atoms with E-state index in [1.165, 1.54) is 0 Å². The first-order chi connectivity index (χ1) is 7.51. The maximum atomic E-state index is 11.3. The Hall–Kier alpha value is -1.95. The van der Waals surface area contributed by atoms with Crippen LogP contribution in [0.15, 0.2) is 12.1 Å². The van der Waals surface area contributed by atoms with Crippen molar-refractivity contribution in [1.29, 1.82) is 0 Å². The standard InChI is InChI=1S/C9H6ClNO5/c1-16-9(13)7-3-6(10)2-5(4-12)8(7)11(14)15/h2-4H,1H3. The number of ether oxygens (including phenoxy) is 1. The number of hydrogen-bond acceptors (Lipinski definition) is 5. The van der Waals surface area contributed by atoms with Gasteiger partial charge in [0.1, 0.15) is 5.56 Å². The topological polar surface area (TPSA) is 86.5 Å². The molecule has 84 valence electrons. The molecule has 16 heavy (non-hydrogen) atoms. The number of aldehydes is 1. The summed E-state index contributed by atoms with van der Waals surface area (Å²) in [5.41, 5.74) is -1.22. The van der Waals surface area contributed by atoms with Crippen LogP contribution >= 0.6 is 11.6 Å². The second-order valence-electron chi connectivity index (χ2n) is 2.76. The van der Waals surface area contributed by atoms with Crippen LogP contribution in [0.3, 0.4) is 0 Å². The molecule has 0 bridgehead atoms. The number of hydrogen-bond donors (Lipinski definition) is 0. The summed E-state index contributed by atoms with van der Waals surface area (Å²) in [6.07, 6.45) is 0.260. The van der Waals surface area contributed by atoms with Crippen LogP contribution in [-0.4, -0.2) is 24.3 Å². The van der Waals surface area contributed by atoms with Crippen molar-refractivity contribution in [3.05, 3.63) is 38.4 Å². The maximum absolute atomic E-state index is 11.3. The SMILES string of the molecule is COC(=O)c1cc(Cl)cc(C=O)c1[N+](=O)[O-]. The van der Waals surface area contributed by atoms with Crippen molar-refractivity contribution in [3.8, 4) is 0 Å². The van der Waals surface area contributed by atoms with E-state index in [9.17, 15) is 19.7 Å². The van der Waals surface area contributed by atoms with Gasteiger partial charge in [-0.05, 0) is 12.1 Å². The van der Waals surface area contributed by atoms with Gasteiger partial charge in [-0.3, -0.25) is 14.9 Å². The van der Waals surface area contributed by atoms with Crippen LogP contribution in [0.5, 0.6) is 0 Å². The summed E-state index contributed by atoms with van der Waals surface area (Å²) in [7, 11) is 1.08. The van der Waals surface area contributed by atoms with Gasteiger partial charge in [0.15, 0.2) is 6.29 Å². The summed E-state index contributed by atoms with van der Waals surface area (Å²) < 4.78 is 4.36. The fraction of sp³-hybridized carbons (Fsp3) is 0.111. The number of esters is 1. The molecule has 7 heteroatoms. The van der Waals surface area contributed by atoms with Gasteiger partial charge in [-0.1, -0.05) is 11.6 Å². The van der Waals surface area contributed by atoms with Crippen molar-refractivity contribution >= 4 is 29.5 Å². The van der Waals surface area contributed by atoms with E-state index in [1.807, 2.05) is 0 Å². The summed E-state index contributed by atoms with van der Waals surface area (Å²) in [6, 6.07) is 2.19. The molecule has 0 spiro atoms. The molecule has 0 aliphatic carbocycles. The molecule has 0 atom stereocenters. The van der Waals surface area contributed by atoms with Crippen LogP contribution in [-0.2, 0) is 4.74 Å². The molecular formula is C9H6ClNO5. The minimum Gasteiger partial charge on any atom is -0.465 e. The monoisotopic (exact) mass is 243 g/mol. The Bertz CT molecular complexity index is 471. The van der Waals surface area contributed by atoms with E-state index in [2.05, 4.69) is 4.74 Å². The number of nitro benzene ring substituents is 1. The van der Waals surface area contributed by atoms with E-state index in [4.69, 9.17) is 11.6 Å². The highest BCUT2D eigenvalue weighted by molar-refractivity contribution is 6.31. The molecule has 0 aliphatic heterocycles. The van der Waals surface area contributed by atoms with Gasteiger partial charge in [-0.15, -0.1) is 0 Å². The number of carbonyl (C=O) groups is 2. The van der Waals surface area contributed by atoms with Gasteiger partial charge in [0.05, 0.1) is 17.6 Å². The van der Waals surface area contributed by atoms with Crippen LogP contribution in [0.25, 0.3) is 0 Å². The van der Waals surface area contributed by atoms with Gasteiger partial charge in [0, 0.05) is 5.02 Å². The second kappa shape index (κ2) is 4.71. The van der Waals surface area contributed by atoms with Crippen LogP contribution in [0.2, 0.25) is 5.02 Å². The fourth-order valence-corrected chi connectivity index (χ4v) is 1.41. The lowest BCUT2D eigenvalue weighted by Crippen LogP contribution is -2.08. The van der Waals surface area contributed by atoms with Crippen molar-refractivity contribution in [2.75, 3.05) is 7.11 Å². The number of nitro groups is 1. The molecule has 1 aromatic carbocycles. The van der Waals surface area contributed by atoms with Crippen LogP contribution in [0.1, 0.15) is 20.7 Å². The van der Waals surface area contributed by atoms with E-state index >= 15 is 0 Å². The number of nitrogens with zero attached hydrogens (tertiary/aromatic N) is 1. The largest absolute Gasteiger partial charge is 0.465 e. The zero-order valence-electron chi connectivity index (χ0n) is 8.10. The number of rotatable bonds is 3. The van der Waals surface area contributed by atoms with Crippen molar-refractivity contribution in [2.45, 2.75) is 0 Å². The first-order valence-electron chi connectivity index (χ1n) is 4.02. The lowest BCUT2D eigenvalue weighted by atomic mass is 10.1. The van der Waals surface area contributed by atoms with E-state index < -0.39 is 16.6 Å². The number of benzene rings is 1. The molecule has 1 aromatic rings. The van der Waals surface area contributed by atoms with Crippen molar-refractivity contribution in [1.82, 2.24) is 0 Å². The lowest BCUT2D eigenvalue weighted by molar-refractivity contribution is -0.385. The predicted octanol–water partition coefficient (Wildman–Crippen LogP) is 1.85. The Kier molecular flexibility index (Phi) is 3.57. The average Bonchev–Trinajstić information content (AvgIpc) is 2.26. The molecule has 0 saturated heterocycles. The first-order valence-corrected chi connectivity index (χ1v) is 4.40. The Morgan fingerprint density at radius 1 is 1.56 bits per heavy atom. The number of methoxy groups -OCH3 is 1. The van der Waals surface area contributed by atoms with Gasteiger partial charge in [-0.2, -0.15) is 0 Å². The lowest BCUT2D eigenvalue weighted by Gasteiger charge is -2.03. The van der Waals surface area contributed by atoms with Crippen LogP contribution in [0.4, 0.5) is 5.69 Å². The predicted molar refractivity (Wildman–Crippen MR) is 54.8 cm³/mol. The summed E-state index contributed by atoms with van der Waals surface area (Å²) in [5.74, 6) is -0.919. The Morgan fingerprint density at radius 3 is 2.62 bits per heavy atom. The Balaban J connectivity index is 3.56. The zero-order valence-corrected chi connectivity index (χ0v) is 8.85. The molecule has 0 radical (unpaired) electrons. The summed E-state index contributed by atoms with van der Waals surface area (Å²) >= 11 is 5.62. The van der Waals surface area contributed by atoms with Crippen LogP contribution in [0, 0.1) is 10.1 Å². The second-order valence-corrected chi connectivity index (χ2v) is 3.19. The first kappa shape index (κ1) is 12.1. The fourth-order valence-electron chi connectivity index (χ4n) is 1.18. The highest BCUT2D eigenvalue weighted by atomic mass is 35.5. The molecule has 0 saturated carbocycles. The zero-order chi connectivity index (χ0) is 12.3. The third-order valence-corrected chi connectivity index (χ3v) is 2.04. The smallest absolute Gasteiger partial charge is 0.344 e. The third kappa shape index (κ3) is 2.17. The third-order valence-electron chi connectivity index (χ3n) is 1.82. The van der Waals surface area contributed by atoms with Gasteiger partial charge in [0.2, 0.25) is 0 Å². The number of carbonyl (C=O) groups excluding carboxylic acids is 2. The minimum absolute atomic E-state index is 0.0492. The highest BCUT2D eigenvalue weighted by Crippen LogP contribution is 2.27. The van der Waals surface area contributed by atoms with E-state index in [0.717, 1.165) is 19.2 Å². The van der Waals surface area contributed by atoms with E-state index in [1.54, 1.807) is 0 Å². The van der Waals surface area contributed by atoms with Gasteiger partial charge < -0.3 is 4.74 Å². The molecule has 0 N–H and O–H groups in total. The van der Waals surface area contributed by atoms with Crippen LogP contribution < -0.4 is 0 Å². The Morgan fingerprint density at radius 2 is 2.19 bits per heavy atom. The summed E-state index contributed by atoms with van der Waals surface area (Å²) in [5, 5.41) is 10.8.